The van der Waals surface area contributed by atoms with Crippen LogP contribution in [-0.4, -0.2) is 5.11 Å². The van der Waals surface area contributed by atoms with Gasteiger partial charge in [-0.2, -0.15) is 5.26 Å². The van der Waals surface area contributed by atoms with Gasteiger partial charge in [-0.05, 0) is 30.7 Å². The summed E-state index contributed by atoms with van der Waals surface area (Å²) in [5.74, 6) is 0.185. The minimum Gasteiger partial charge on any atom is -0.508 e. The summed E-state index contributed by atoms with van der Waals surface area (Å²) in [7, 11) is 0. The van der Waals surface area contributed by atoms with Gasteiger partial charge in [-0.15, -0.1) is 0 Å². The number of rotatable bonds is 1. The van der Waals surface area contributed by atoms with E-state index in [2.05, 4.69) is 6.07 Å². The second-order valence-corrected chi connectivity index (χ2v) is 4.42. The quantitative estimate of drug-likeness (QED) is 0.786. The Labute approximate surface area is 94.8 Å². The minimum absolute atomic E-state index is 0.185. The van der Waals surface area contributed by atoms with Crippen LogP contribution in [0.1, 0.15) is 19.4 Å². The van der Waals surface area contributed by atoms with E-state index in [0.29, 0.717) is 5.56 Å². The molecule has 2 aromatic rings. The molecule has 0 amide bonds. The van der Waals surface area contributed by atoms with Crippen molar-refractivity contribution in [1.29, 1.82) is 5.26 Å². The molecule has 16 heavy (non-hydrogen) atoms. The van der Waals surface area contributed by atoms with Gasteiger partial charge in [-0.25, -0.2) is 0 Å². The van der Waals surface area contributed by atoms with E-state index in [-0.39, 0.29) is 5.75 Å². The third-order valence-corrected chi connectivity index (χ3v) is 2.81. The van der Waals surface area contributed by atoms with Gasteiger partial charge in [0.05, 0.1) is 11.5 Å². The molecule has 0 radical (unpaired) electrons. The van der Waals surface area contributed by atoms with E-state index in [0.717, 1.165) is 10.8 Å². The van der Waals surface area contributed by atoms with Crippen LogP contribution in [0.5, 0.6) is 5.75 Å². The lowest BCUT2D eigenvalue weighted by atomic mass is 9.82. The smallest absolute Gasteiger partial charge is 0.121 e. The molecule has 0 aliphatic rings. The highest BCUT2D eigenvalue weighted by molar-refractivity contribution is 5.89. The van der Waals surface area contributed by atoms with E-state index in [1.165, 1.54) is 0 Å². The van der Waals surface area contributed by atoms with Crippen molar-refractivity contribution in [3.63, 3.8) is 0 Å². The van der Waals surface area contributed by atoms with Crippen molar-refractivity contribution in [3.8, 4) is 11.8 Å². The number of fused-ring (bicyclic) bond motifs is 1. The van der Waals surface area contributed by atoms with Gasteiger partial charge in [0.25, 0.3) is 0 Å². The van der Waals surface area contributed by atoms with Crippen LogP contribution >= 0.6 is 0 Å². The predicted molar refractivity (Wildman–Crippen MR) is 64.3 cm³/mol. The van der Waals surface area contributed by atoms with Crippen LogP contribution in [0.15, 0.2) is 36.4 Å². The summed E-state index contributed by atoms with van der Waals surface area (Å²) in [4.78, 5) is 0. The number of hydrogen-bond acceptors (Lipinski definition) is 2. The Kier molecular flexibility index (Phi) is 2.32. The fourth-order valence-electron chi connectivity index (χ4n) is 1.97. The average Bonchev–Trinajstić information content (AvgIpc) is 2.28. The number of phenols is 1. The zero-order chi connectivity index (χ0) is 11.8. The zero-order valence-electron chi connectivity index (χ0n) is 9.36. The molecule has 0 fully saturated rings. The lowest BCUT2D eigenvalue weighted by Crippen LogP contribution is -2.14. The lowest BCUT2D eigenvalue weighted by molar-refractivity contribution is 0.459. The molecule has 2 heteroatoms. The standard InChI is InChI=1S/C14H13NO/c1-14(2,9-15)13-11-6-4-3-5-10(11)7-8-12(13)16/h3-8,16H,1-2H3. The molecule has 0 saturated heterocycles. The topological polar surface area (TPSA) is 44.0 Å². The molecule has 0 aliphatic heterocycles. The molecule has 2 nitrogen and oxygen atoms in total. The largest absolute Gasteiger partial charge is 0.508 e. The van der Waals surface area contributed by atoms with Crippen LogP contribution in [0, 0.1) is 11.3 Å². The second-order valence-electron chi connectivity index (χ2n) is 4.42. The van der Waals surface area contributed by atoms with Crippen LogP contribution < -0.4 is 0 Å². The monoisotopic (exact) mass is 211 g/mol. The van der Waals surface area contributed by atoms with Crippen molar-refractivity contribution in [1.82, 2.24) is 0 Å². The van der Waals surface area contributed by atoms with Gasteiger partial charge >= 0.3 is 0 Å². The van der Waals surface area contributed by atoms with E-state index < -0.39 is 5.41 Å². The Hall–Kier alpha value is -2.01. The highest BCUT2D eigenvalue weighted by atomic mass is 16.3. The first-order chi connectivity index (χ1) is 7.56. The van der Waals surface area contributed by atoms with E-state index in [4.69, 9.17) is 0 Å². The van der Waals surface area contributed by atoms with Crippen molar-refractivity contribution in [3.05, 3.63) is 42.0 Å². The van der Waals surface area contributed by atoms with Gasteiger partial charge in [-0.3, -0.25) is 0 Å². The number of aromatic hydroxyl groups is 1. The molecule has 0 bridgehead atoms. The Morgan fingerprint density at radius 2 is 1.81 bits per heavy atom. The molecule has 0 heterocycles. The number of benzene rings is 2. The summed E-state index contributed by atoms with van der Waals surface area (Å²) in [5.41, 5.74) is 0.0124. The predicted octanol–water partition coefficient (Wildman–Crippen LogP) is 3.35. The Morgan fingerprint density at radius 3 is 2.50 bits per heavy atom. The second kappa shape index (κ2) is 3.53. The highest BCUT2D eigenvalue weighted by Crippen LogP contribution is 2.36. The normalized spacial score (nSPS) is 11.3. The van der Waals surface area contributed by atoms with E-state index in [1.54, 1.807) is 6.07 Å². The van der Waals surface area contributed by atoms with Gasteiger partial charge in [0.1, 0.15) is 5.75 Å². The van der Waals surface area contributed by atoms with Gasteiger partial charge in [0.15, 0.2) is 0 Å². The van der Waals surface area contributed by atoms with Gasteiger partial charge in [0, 0.05) is 5.56 Å². The molecule has 2 aromatic carbocycles. The summed E-state index contributed by atoms with van der Waals surface area (Å²) in [6.07, 6.45) is 0. The summed E-state index contributed by atoms with van der Waals surface area (Å²) < 4.78 is 0. The van der Waals surface area contributed by atoms with Crippen molar-refractivity contribution >= 4 is 10.8 Å². The molecule has 0 aliphatic carbocycles. The van der Waals surface area contributed by atoms with Crippen LogP contribution in [-0.2, 0) is 5.41 Å². The summed E-state index contributed by atoms with van der Waals surface area (Å²) in [6, 6.07) is 13.5. The average molecular weight is 211 g/mol. The van der Waals surface area contributed by atoms with Crippen molar-refractivity contribution < 1.29 is 5.11 Å². The Balaban J connectivity index is 2.87. The Bertz CT molecular complexity index is 579. The van der Waals surface area contributed by atoms with E-state index >= 15 is 0 Å². The third kappa shape index (κ3) is 1.51. The number of phenolic OH excluding ortho intramolecular Hbond substituents is 1. The van der Waals surface area contributed by atoms with Gasteiger partial charge in [-0.1, -0.05) is 30.3 Å². The maximum absolute atomic E-state index is 9.92. The fraction of sp³-hybridized carbons (Fsp3) is 0.214. The van der Waals surface area contributed by atoms with E-state index in [9.17, 15) is 10.4 Å². The SMILES string of the molecule is CC(C)(C#N)c1c(O)ccc2ccccc12. The molecule has 80 valence electrons. The maximum atomic E-state index is 9.92. The zero-order valence-corrected chi connectivity index (χ0v) is 9.36. The summed E-state index contributed by atoms with van der Waals surface area (Å²) >= 11 is 0. The fourth-order valence-corrected chi connectivity index (χ4v) is 1.97. The van der Waals surface area contributed by atoms with Crippen LogP contribution in [0.3, 0.4) is 0 Å². The molecule has 0 spiro atoms. The number of hydrogen-bond donors (Lipinski definition) is 1. The molecule has 0 aromatic heterocycles. The van der Waals surface area contributed by atoms with Crippen molar-refractivity contribution in [2.75, 3.05) is 0 Å². The van der Waals surface area contributed by atoms with Crippen LogP contribution in [0.25, 0.3) is 10.8 Å². The minimum atomic E-state index is -0.690. The molecule has 2 rings (SSSR count). The molecule has 0 saturated carbocycles. The van der Waals surface area contributed by atoms with Crippen LogP contribution in [0.2, 0.25) is 0 Å². The van der Waals surface area contributed by atoms with Gasteiger partial charge < -0.3 is 5.11 Å². The first-order valence-corrected chi connectivity index (χ1v) is 5.19. The first kappa shape index (κ1) is 10.5. The van der Waals surface area contributed by atoms with Crippen molar-refractivity contribution in [2.45, 2.75) is 19.3 Å². The molecule has 1 N–H and O–H groups in total. The number of nitrogens with zero attached hydrogens (tertiary/aromatic N) is 1. The maximum Gasteiger partial charge on any atom is 0.121 e. The first-order valence-electron chi connectivity index (χ1n) is 5.19. The van der Waals surface area contributed by atoms with Crippen LogP contribution in [0.4, 0.5) is 0 Å². The Morgan fingerprint density at radius 1 is 1.12 bits per heavy atom. The van der Waals surface area contributed by atoms with E-state index in [1.807, 2.05) is 44.2 Å². The summed E-state index contributed by atoms with van der Waals surface area (Å²) in [5, 5.41) is 21.1. The highest BCUT2D eigenvalue weighted by Gasteiger charge is 2.25. The van der Waals surface area contributed by atoms with Gasteiger partial charge in [0.2, 0.25) is 0 Å². The lowest BCUT2D eigenvalue weighted by Gasteiger charge is -2.19. The van der Waals surface area contributed by atoms with Crippen molar-refractivity contribution in [2.24, 2.45) is 0 Å². The molecular formula is C14H13NO. The molecular weight excluding hydrogens is 198 g/mol. The molecule has 0 unspecified atom stereocenters. The third-order valence-electron chi connectivity index (χ3n) is 2.81. The molecule has 0 atom stereocenters. The summed E-state index contributed by atoms with van der Waals surface area (Å²) in [6.45, 7) is 3.63. The number of nitriles is 1.